The zero-order chi connectivity index (χ0) is 19.6. The molecule has 3 rings (SSSR count). The Kier molecular flexibility index (Phi) is 5.41. The predicted molar refractivity (Wildman–Crippen MR) is 94.7 cm³/mol. The molecule has 1 aliphatic rings. The van der Waals surface area contributed by atoms with E-state index in [0.717, 1.165) is 12.1 Å². The number of nitrogens with zero attached hydrogens (tertiary/aromatic N) is 2. The van der Waals surface area contributed by atoms with Crippen molar-refractivity contribution in [2.75, 3.05) is 26.2 Å². The molecule has 142 valence electrons. The van der Waals surface area contributed by atoms with Crippen LogP contribution in [-0.2, 0) is 6.18 Å². The summed E-state index contributed by atoms with van der Waals surface area (Å²) in [7, 11) is 0. The summed E-state index contributed by atoms with van der Waals surface area (Å²) in [5.74, 6) is -0.490. The SMILES string of the molecule is O=C(c1ccc(Cl)cc1)N1CCN(C(=O)c2ccc(C(F)(F)F)cc2)CC1. The van der Waals surface area contributed by atoms with Crippen LogP contribution < -0.4 is 0 Å². The van der Waals surface area contributed by atoms with Gasteiger partial charge in [0.15, 0.2) is 0 Å². The minimum Gasteiger partial charge on any atom is -0.335 e. The van der Waals surface area contributed by atoms with Crippen LogP contribution in [-0.4, -0.2) is 47.8 Å². The minimum atomic E-state index is -4.44. The van der Waals surface area contributed by atoms with Gasteiger partial charge in [-0.05, 0) is 48.5 Å². The first kappa shape index (κ1) is 19.2. The highest BCUT2D eigenvalue weighted by Crippen LogP contribution is 2.29. The maximum Gasteiger partial charge on any atom is 0.416 e. The molecular formula is C19H16ClF3N2O2. The van der Waals surface area contributed by atoms with Crippen LogP contribution in [0.1, 0.15) is 26.3 Å². The molecule has 0 aliphatic carbocycles. The highest BCUT2D eigenvalue weighted by atomic mass is 35.5. The van der Waals surface area contributed by atoms with Crippen LogP contribution in [0.4, 0.5) is 13.2 Å². The van der Waals surface area contributed by atoms with E-state index >= 15 is 0 Å². The summed E-state index contributed by atoms with van der Waals surface area (Å²) in [6.45, 7) is 1.35. The minimum absolute atomic E-state index is 0.145. The molecule has 8 heteroatoms. The van der Waals surface area contributed by atoms with Crippen molar-refractivity contribution in [3.63, 3.8) is 0 Å². The highest BCUT2D eigenvalue weighted by molar-refractivity contribution is 6.30. The molecule has 1 aliphatic heterocycles. The van der Waals surface area contributed by atoms with Crippen LogP contribution in [0, 0.1) is 0 Å². The van der Waals surface area contributed by atoms with Crippen molar-refractivity contribution >= 4 is 23.4 Å². The van der Waals surface area contributed by atoms with Crippen LogP contribution in [0.15, 0.2) is 48.5 Å². The van der Waals surface area contributed by atoms with Crippen LogP contribution in [0.2, 0.25) is 5.02 Å². The smallest absolute Gasteiger partial charge is 0.335 e. The summed E-state index contributed by atoms with van der Waals surface area (Å²) in [4.78, 5) is 28.1. The summed E-state index contributed by atoms with van der Waals surface area (Å²) in [5.41, 5.74) is -0.0835. The van der Waals surface area contributed by atoms with Crippen molar-refractivity contribution in [2.24, 2.45) is 0 Å². The Labute approximate surface area is 159 Å². The number of piperazine rings is 1. The topological polar surface area (TPSA) is 40.6 Å². The van der Waals surface area contributed by atoms with Crippen LogP contribution in [0.5, 0.6) is 0 Å². The lowest BCUT2D eigenvalue weighted by Crippen LogP contribution is -2.50. The van der Waals surface area contributed by atoms with Crippen molar-refractivity contribution in [1.82, 2.24) is 9.80 Å². The molecule has 0 unspecified atom stereocenters. The molecule has 27 heavy (non-hydrogen) atoms. The van der Waals surface area contributed by atoms with E-state index in [0.29, 0.717) is 36.8 Å². The zero-order valence-electron chi connectivity index (χ0n) is 14.2. The normalized spacial score (nSPS) is 15.0. The van der Waals surface area contributed by atoms with Gasteiger partial charge in [0.25, 0.3) is 11.8 Å². The molecular weight excluding hydrogens is 381 g/mol. The molecule has 0 saturated carbocycles. The van der Waals surface area contributed by atoms with Crippen molar-refractivity contribution in [3.05, 3.63) is 70.2 Å². The fraction of sp³-hybridized carbons (Fsp3) is 0.263. The third kappa shape index (κ3) is 4.42. The third-order valence-corrected chi connectivity index (χ3v) is 4.66. The fourth-order valence-corrected chi connectivity index (χ4v) is 3.00. The summed E-state index contributed by atoms with van der Waals surface area (Å²) in [6.07, 6.45) is -4.44. The second kappa shape index (κ2) is 7.60. The van der Waals surface area contributed by atoms with Gasteiger partial charge in [-0.3, -0.25) is 9.59 Å². The third-order valence-electron chi connectivity index (χ3n) is 4.40. The van der Waals surface area contributed by atoms with Gasteiger partial charge >= 0.3 is 6.18 Å². The van der Waals surface area contributed by atoms with Gasteiger partial charge in [0.05, 0.1) is 5.56 Å². The molecule has 0 atom stereocenters. The number of benzene rings is 2. The molecule has 1 heterocycles. The molecule has 2 aromatic carbocycles. The number of alkyl halides is 3. The first-order valence-electron chi connectivity index (χ1n) is 8.27. The Morgan fingerprint density at radius 2 is 1.11 bits per heavy atom. The summed E-state index contributed by atoms with van der Waals surface area (Å²) in [6, 6.07) is 10.7. The molecule has 4 nitrogen and oxygen atoms in total. The molecule has 1 fully saturated rings. The van der Waals surface area contributed by atoms with Gasteiger partial charge in [0, 0.05) is 42.3 Å². The summed E-state index contributed by atoms with van der Waals surface area (Å²) in [5, 5.41) is 0.540. The van der Waals surface area contributed by atoms with Gasteiger partial charge in [-0.2, -0.15) is 13.2 Å². The highest BCUT2D eigenvalue weighted by Gasteiger charge is 2.31. The molecule has 0 spiro atoms. The maximum atomic E-state index is 12.6. The molecule has 0 N–H and O–H groups in total. The molecule has 1 saturated heterocycles. The van der Waals surface area contributed by atoms with Crippen LogP contribution in [0.25, 0.3) is 0 Å². The number of hydrogen-bond donors (Lipinski definition) is 0. The first-order chi connectivity index (χ1) is 12.8. The van der Waals surface area contributed by atoms with E-state index in [9.17, 15) is 22.8 Å². The van der Waals surface area contributed by atoms with Gasteiger partial charge in [-0.25, -0.2) is 0 Å². The average Bonchev–Trinajstić information content (AvgIpc) is 2.67. The molecule has 0 aromatic heterocycles. The monoisotopic (exact) mass is 396 g/mol. The van der Waals surface area contributed by atoms with Crippen LogP contribution >= 0.6 is 11.6 Å². The van der Waals surface area contributed by atoms with Crippen molar-refractivity contribution in [2.45, 2.75) is 6.18 Å². The largest absolute Gasteiger partial charge is 0.416 e. The summed E-state index contributed by atoms with van der Waals surface area (Å²) >= 11 is 5.82. The Balaban J connectivity index is 1.60. The van der Waals surface area contributed by atoms with Gasteiger partial charge in [0.2, 0.25) is 0 Å². The van der Waals surface area contributed by atoms with Gasteiger partial charge in [-0.1, -0.05) is 11.6 Å². The molecule has 2 amide bonds. The van der Waals surface area contributed by atoms with E-state index in [4.69, 9.17) is 11.6 Å². The Bertz CT molecular complexity index is 828. The van der Waals surface area contributed by atoms with E-state index in [-0.39, 0.29) is 17.4 Å². The van der Waals surface area contributed by atoms with E-state index in [1.54, 1.807) is 29.2 Å². The van der Waals surface area contributed by atoms with Gasteiger partial charge < -0.3 is 9.80 Å². The first-order valence-corrected chi connectivity index (χ1v) is 8.65. The zero-order valence-corrected chi connectivity index (χ0v) is 14.9. The quantitative estimate of drug-likeness (QED) is 0.771. The lowest BCUT2D eigenvalue weighted by Gasteiger charge is -2.35. The van der Waals surface area contributed by atoms with Gasteiger partial charge in [0.1, 0.15) is 0 Å². The van der Waals surface area contributed by atoms with Crippen molar-refractivity contribution in [3.8, 4) is 0 Å². The van der Waals surface area contributed by atoms with Gasteiger partial charge in [-0.15, -0.1) is 0 Å². The fourth-order valence-electron chi connectivity index (χ4n) is 2.87. The lowest BCUT2D eigenvalue weighted by molar-refractivity contribution is -0.137. The van der Waals surface area contributed by atoms with E-state index < -0.39 is 11.7 Å². The number of carbonyl (C=O) groups excluding carboxylic acids is 2. The molecule has 0 bridgehead atoms. The number of halogens is 4. The second-order valence-corrected chi connectivity index (χ2v) is 6.60. The average molecular weight is 397 g/mol. The predicted octanol–water partition coefficient (Wildman–Crippen LogP) is 3.96. The van der Waals surface area contributed by atoms with E-state index in [1.165, 1.54) is 17.0 Å². The number of rotatable bonds is 2. The Morgan fingerprint density at radius 1 is 0.741 bits per heavy atom. The Hall–Kier alpha value is -2.54. The number of hydrogen-bond acceptors (Lipinski definition) is 2. The van der Waals surface area contributed by atoms with Crippen LogP contribution in [0.3, 0.4) is 0 Å². The summed E-state index contributed by atoms with van der Waals surface area (Å²) < 4.78 is 37.8. The Morgan fingerprint density at radius 3 is 1.48 bits per heavy atom. The second-order valence-electron chi connectivity index (χ2n) is 6.17. The molecule has 0 radical (unpaired) electrons. The lowest BCUT2D eigenvalue weighted by atomic mass is 10.1. The van der Waals surface area contributed by atoms with Crippen molar-refractivity contribution in [1.29, 1.82) is 0 Å². The molecule has 2 aromatic rings. The van der Waals surface area contributed by atoms with E-state index in [2.05, 4.69) is 0 Å². The number of carbonyl (C=O) groups is 2. The maximum absolute atomic E-state index is 12.6. The number of amides is 2. The van der Waals surface area contributed by atoms with Crippen molar-refractivity contribution < 1.29 is 22.8 Å². The van der Waals surface area contributed by atoms with E-state index in [1.807, 2.05) is 0 Å². The standard InChI is InChI=1S/C19H16ClF3N2O2/c20-16-7-3-14(4-8-16)18(27)25-11-9-24(10-12-25)17(26)13-1-5-15(6-2-13)19(21,22)23/h1-8H,9-12H2.